The van der Waals surface area contributed by atoms with Gasteiger partial charge in [0.1, 0.15) is 5.75 Å². The van der Waals surface area contributed by atoms with Gasteiger partial charge in [-0.05, 0) is 31.2 Å². The molecule has 1 aromatic carbocycles. The Labute approximate surface area is 103 Å². The molecule has 0 aliphatic heterocycles. The average molecular weight is 232 g/mol. The van der Waals surface area contributed by atoms with Gasteiger partial charge in [-0.2, -0.15) is 5.26 Å². The molecule has 0 saturated heterocycles. The van der Waals surface area contributed by atoms with Gasteiger partial charge >= 0.3 is 0 Å². The van der Waals surface area contributed by atoms with Gasteiger partial charge in [0.05, 0.1) is 18.2 Å². The SMILES string of the molecule is CCCNCC(C)COc1cccc(C#N)c1. The standard InChI is InChI=1S/C14H20N2O/c1-3-7-16-10-12(2)11-17-14-6-4-5-13(8-14)9-15/h4-6,8,12,16H,3,7,10-11H2,1-2H3. The second kappa shape index (κ2) is 7.70. The molecular formula is C14H20N2O. The first-order chi connectivity index (χ1) is 8.26. The lowest BCUT2D eigenvalue weighted by Gasteiger charge is -2.13. The third-order valence-electron chi connectivity index (χ3n) is 2.42. The number of nitrogens with one attached hydrogen (secondary N) is 1. The Morgan fingerprint density at radius 2 is 2.29 bits per heavy atom. The summed E-state index contributed by atoms with van der Waals surface area (Å²) in [5.41, 5.74) is 0.638. The maximum Gasteiger partial charge on any atom is 0.120 e. The molecule has 1 aromatic rings. The summed E-state index contributed by atoms with van der Waals surface area (Å²) in [6.45, 7) is 6.99. The lowest BCUT2D eigenvalue weighted by molar-refractivity contribution is 0.256. The van der Waals surface area contributed by atoms with Crippen molar-refractivity contribution in [1.82, 2.24) is 5.32 Å². The molecular weight excluding hydrogens is 212 g/mol. The van der Waals surface area contributed by atoms with Gasteiger partial charge in [0.15, 0.2) is 0 Å². The summed E-state index contributed by atoms with van der Waals surface area (Å²) in [5.74, 6) is 1.23. The highest BCUT2D eigenvalue weighted by molar-refractivity contribution is 5.36. The minimum atomic E-state index is 0.465. The average Bonchev–Trinajstić information content (AvgIpc) is 2.37. The molecule has 1 N–H and O–H groups in total. The minimum Gasteiger partial charge on any atom is -0.493 e. The number of rotatable bonds is 7. The quantitative estimate of drug-likeness (QED) is 0.735. The first-order valence-electron chi connectivity index (χ1n) is 6.10. The summed E-state index contributed by atoms with van der Waals surface area (Å²) in [6.07, 6.45) is 1.15. The van der Waals surface area contributed by atoms with Crippen molar-refractivity contribution in [3.63, 3.8) is 0 Å². The van der Waals surface area contributed by atoms with Crippen molar-refractivity contribution < 1.29 is 4.74 Å². The van der Waals surface area contributed by atoms with E-state index >= 15 is 0 Å². The van der Waals surface area contributed by atoms with Crippen LogP contribution in [0.4, 0.5) is 0 Å². The van der Waals surface area contributed by atoms with Gasteiger partial charge in [-0.25, -0.2) is 0 Å². The van der Waals surface area contributed by atoms with E-state index in [1.54, 1.807) is 12.1 Å². The van der Waals surface area contributed by atoms with E-state index in [4.69, 9.17) is 10.00 Å². The lowest BCUT2D eigenvalue weighted by atomic mass is 10.2. The van der Waals surface area contributed by atoms with Crippen molar-refractivity contribution in [1.29, 1.82) is 5.26 Å². The largest absolute Gasteiger partial charge is 0.493 e. The Bertz CT molecular complexity index is 371. The van der Waals surface area contributed by atoms with Gasteiger partial charge in [-0.3, -0.25) is 0 Å². The van der Waals surface area contributed by atoms with Crippen LogP contribution in [-0.4, -0.2) is 19.7 Å². The normalized spacial score (nSPS) is 11.8. The second-order valence-corrected chi connectivity index (χ2v) is 4.26. The van der Waals surface area contributed by atoms with Crippen LogP contribution >= 0.6 is 0 Å². The molecule has 0 bridgehead atoms. The molecule has 0 amide bonds. The predicted molar refractivity (Wildman–Crippen MR) is 69.0 cm³/mol. The molecule has 1 rings (SSSR count). The molecule has 1 atom stereocenters. The number of nitrogens with zero attached hydrogens (tertiary/aromatic N) is 1. The van der Waals surface area contributed by atoms with Gasteiger partial charge in [0.25, 0.3) is 0 Å². The molecule has 0 heterocycles. The molecule has 3 nitrogen and oxygen atoms in total. The number of ether oxygens (including phenoxy) is 1. The maximum atomic E-state index is 8.77. The summed E-state index contributed by atoms with van der Waals surface area (Å²) >= 11 is 0. The van der Waals surface area contributed by atoms with Crippen LogP contribution in [0, 0.1) is 17.2 Å². The third-order valence-corrected chi connectivity index (χ3v) is 2.42. The summed E-state index contributed by atoms with van der Waals surface area (Å²) in [7, 11) is 0. The summed E-state index contributed by atoms with van der Waals surface area (Å²) in [4.78, 5) is 0. The fourth-order valence-corrected chi connectivity index (χ4v) is 1.48. The van der Waals surface area contributed by atoms with Crippen molar-refractivity contribution in [2.24, 2.45) is 5.92 Å². The fourth-order valence-electron chi connectivity index (χ4n) is 1.48. The van der Waals surface area contributed by atoms with E-state index in [0.29, 0.717) is 18.1 Å². The zero-order valence-corrected chi connectivity index (χ0v) is 10.6. The molecule has 0 fully saturated rings. The van der Waals surface area contributed by atoms with Gasteiger partial charge in [0, 0.05) is 12.5 Å². The molecule has 0 aromatic heterocycles. The van der Waals surface area contributed by atoms with Gasteiger partial charge in [-0.1, -0.05) is 19.9 Å². The highest BCUT2D eigenvalue weighted by atomic mass is 16.5. The molecule has 0 radical (unpaired) electrons. The zero-order valence-electron chi connectivity index (χ0n) is 10.6. The van der Waals surface area contributed by atoms with E-state index in [1.807, 2.05) is 12.1 Å². The van der Waals surface area contributed by atoms with Crippen molar-refractivity contribution >= 4 is 0 Å². The third kappa shape index (κ3) is 5.37. The molecule has 1 unspecified atom stereocenters. The van der Waals surface area contributed by atoms with Crippen LogP contribution < -0.4 is 10.1 Å². The molecule has 0 spiro atoms. The van der Waals surface area contributed by atoms with Gasteiger partial charge in [-0.15, -0.1) is 0 Å². The van der Waals surface area contributed by atoms with Crippen LogP contribution in [0.3, 0.4) is 0 Å². The smallest absolute Gasteiger partial charge is 0.120 e. The molecule has 0 saturated carbocycles. The van der Waals surface area contributed by atoms with E-state index in [2.05, 4.69) is 25.2 Å². The van der Waals surface area contributed by atoms with E-state index in [0.717, 1.165) is 25.3 Å². The number of nitriles is 1. The fraction of sp³-hybridized carbons (Fsp3) is 0.500. The van der Waals surface area contributed by atoms with Crippen LogP contribution in [0.1, 0.15) is 25.8 Å². The Hall–Kier alpha value is -1.53. The molecule has 3 heteroatoms. The minimum absolute atomic E-state index is 0.465. The van der Waals surface area contributed by atoms with Crippen LogP contribution in [0.2, 0.25) is 0 Å². The number of hydrogen-bond donors (Lipinski definition) is 1. The first-order valence-corrected chi connectivity index (χ1v) is 6.10. The number of hydrogen-bond acceptors (Lipinski definition) is 3. The Morgan fingerprint density at radius 3 is 3.00 bits per heavy atom. The molecule has 0 aliphatic carbocycles. The first kappa shape index (κ1) is 13.5. The molecule has 0 aliphatic rings. The molecule has 17 heavy (non-hydrogen) atoms. The summed E-state index contributed by atoms with van der Waals surface area (Å²) in [6, 6.07) is 9.37. The Morgan fingerprint density at radius 1 is 1.47 bits per heavy atom. The van der Waals surface area contributed by atoms with Crippen LogP contribution in [-0.2, 0) is 0 Å². The Balaban J connectivity index is 2.32. The van der Waals surface area contributed by atoms with E-state index < -0.39 is 0 Å². The monoisotopic (exact) mass is 232 g/mol. The maximum absolute atomic E-state index is 8.77. The number of benzene rings is 1. The van der Waals surface area contributed by atoms with Crippen LogP contribution in [0.15, 0.2) is 24.3 Å². The highest BCUT2D eigenvalue weighted by Crippen LogP contribution is 2.13. The summed E-state index contributed by atoms with van der Waals surface area (Å²) < 4.78 is 5.65. The second-order valence-electron chi connectivity index (χ2n) is 4.26. The zero-order chi connectivity index (χ0) is 12.5. The van der Waals surface area contributed by atoms with Crippen molar-refractivity contribution in [2.45, 2.75) is 20.3 Å². The van der Waals surface area contributed by atoms with Crippen molar-refractivity contribution in [3.05, 3.63) is 29.8 Å². The molecule has 92 valence electrons. The predicted octanol–water partition coefficient (Wildman–Crippen LogP) is 2.57. The summed E-state index contributed by atoms with van der Waals surface area (Å²) in [5, 5.41) is 12.1. The Kier molecular flexibility index (Phi) is 6.13. The van der Waals surface area contributed by atoms with Crippen molar-refractivity contribution in [2.75, 3.05) is 19.7 Å². The van der Waals surface area contributed by atoms with E-state index in [9.17, 15) is 0 Å². The van der Waals surface area contributed by atoms with Crippen LogP contribution in [0.5, 0.6) is 5.75 Å². The van der Waals surface area contributed by atoms with E-state index in [1.165, 1.54) is 0 Å². The van der Waals surface area contributed by atoms with Crippen molar-refractivity contribution in [3.8, 4) is 11.8 Å². The van der Waals surface area contributed by atoms with Gasteiger partial charge in [0.2, 0.25) is 0 Å². The van der Waals surface area contributed by atoms with Crippen LogP contribution in [0.25, 0.3) is 0 Å². The highest BCUT2D eigenvalue weighted by Gasteiger charge is 2.03. The topological polar surface area (TPSA) is 45.0 Å². The van der Waals surface area contributed by atoms with E-state index in [-0.39, 0.29) is 0 Å². The lowest BCUT2D eigenvalue weighted by Crippen LogP contribution is -2.25. The van der Waals surface area contributed by atoms with Gasteiger partial charge < -0.3 is 10.1 Å².